The molecule has 0 amide bonds. The Morgan fingerprint density at radius 2 is 2.00 bits per heavy atom. The standard InChI is InChI=1S/C11H13ClFN/c12-10-4-3-5-11(13)9(10)8-14-6-1-2-7-14/h3-5H,1-2,6-8H2/p+1. The Bertz CT molecular complexity index is 301. The lowest BCUT2D eigenvalue weighted by atomic mass is 10.2. The normalized spacial score (nSPS) is 17.6. The zero-order chi connectivity index (χ0) is 9.97. The molecule has 1 aromatic rings. The molecule has 3 heteroatoms. The molecule has 1 heterocycles. The summed E-state index contributed by atoms with van der Waals surface area (Å²) in [4.78, 5) is 1.44. The summed E-state index contributed by atoms with van der Waals surface area (Å²) in [5.41, 5.74) is 0.672. The van der Waals surface area contributed by atoms with Crippen molar-refractivity contribution in [1.82, 2.24) is 0 Å². The zero-order valence-corrected chi connectivity index (χ0v) is 8.78. The van der Waals surface area contributed by atoms with Gasteiger partial charge in [-0.25, -0.2) is 4.39 Å². The van der Waals surface area contributed by atoms with Crippen LogP contribution in [0.2, 0.25) is 5.02 Å². The van der Waals surface area contributed by atoms with E-state index in [2.05, 4.69) is 0 Å². The van der Waals surface area contributed by atoms with Gasteiger partial charge >= 0.3 is 0 Å². The van der Waals surface area contributed by atoms with Crippen molar-refractivity contribution in [2.75, 3.05) is 13.1 Å². The van der Waals surface area contributed by atoms with Gasteiger partial charge in [0.1, 0.15) is 12.4 Å². The summed E-state index contributed by atoms with van der Waals surface area (Å²) in [5, 5.41) is 0.560. The van der Waals surface area contributed by atoms with Gasteiger partial charge < -0.3 is 4.90 Å². The first kappa shape index (κ1) is 9.94. The van der Waals surface area contributed by atoms with Crippen LogP contribution in [-0.4, -0.2) is 13.1 Å². The Morgan fingerprint density at radius 1 is 1.29 bits per heavy atom. The molecule has 1 fully saturated rings. The van der Waals surface area contributed by atoms with Crippen LogP contribution in [0, 0.1) is 5.82 Å². The molecule has 14 heavy (non-hydrogen) atoms. The number of likely N-dealkylation sites (tertiary alicyclic amines) is 1. The topological polar surface area (TPSA) is 4.44 Å². The summed E-state index contributed by atoms with van der Waals surface area (Å²) in [6.07, 6.45) is 2.50. The van der Waals surface area contributed by atoms with E-state index in [0.29, 0.717) is 10.6 Å². The van der Waals surface area contributed by atoms with Crippen LogP contribution >= 0.6 is 11.6 Å². The van der Waals surface area contributed by atoms with E-state index in [-0.39, 0.29) is 5.82 Å². The SMILES string of the molecule is Fc1cccc(Cl)c1C[NH+]1CCCC1. The van der Waals surface area contributed by atoms with Gasteiger partial charge in [0.25, 0.3) is 0 Å². The molecule has 1 aliphatic rings. The fourth-order valence-corrected chi connectivity index (χ4v) is 2.23. The van der Waals surface area contributed by atoms with Crippen LogP contribution in [0.5, 0.6) is 0 Å². The number of hydrogen-bond donors (Lipinski definition) is 1. The van der Waals surface area contributed by atoms with Crippen molar-refractivity contribution in [2.45, 2.75) is 19.4 Å². The Morgan fingerprint density at radius 3 is 2.64 bits per heavy atom. The van der Waals surface area contributed by atoms with E-state index in [9.17, 15) is 4.39 Å². The quantitative estimate of drug-likeness (QED) is 0.764. The summed E-state index contributed by atoms with van der Waals surface area (Å²) < 4.78 is 13.4. The molecule has 0 atom stereocenters. The zero-order valence-electron chi connectivity index (χ0n) is 8.02. The number of halogens is 2. The van der Waals surface area contributed by atoms with Gasteiger partial charge in [-0.05, 0) is 12.1 Å². The van der Waals surface area contributed by atoms with Gasteiger partial charge in [-0.1, -0.05) is 17.7 Å². The number of quaternary nitrogens is 1. The molecule has 0 saturated carbocycles. The average Bonchev–Trinajstić information content (AvgIpc) is 2.64. The number of rotatable bonds is 2. The molecule has 1 aromatic carbocycles. The van der Waals surface area contributed by atoms with Crippen molar-refractivity contribution in [3.8, 4) is 0 Å². The Hall–Kier alpha value is -0.600. The highest BCUT2D eigenvalue weighted by Crippen LogP contribution is 2.17. The molecule has 1 nitrogen and oxygen atoms in total. The van der Waals surface area contributed by atoms with Gasteiger partial charge in [0.15, 0.2) is 0 Å². The number of nitrogens with one attached hydrogen (secondary N) is 1. The fraction of sp³-hybridized carbons (Fsp3) is 0.455. The highest BCUT2D eigenvalue weighted by Gasteiger charge is 2.18. The van der Waals surface area contributed by atoms with E-state index >= 15 is 0 Å². The third-order valence-corrected chi connectivity index (χ3v) is 3.15. The first-order valence-corrected chi connectivity index (χ1v) is 5.41. The summed E-state index contributed by atoms with van der Waals surface area (Å²) in [5.74, 6) is -0.170. The van der Waals surface area contributed by atoms with Gasteiger partial charge in [-0.3, -0.25) is 0 Å². The van der Waals surface area contributed by atoms with E-state index in [0.717, 1.165) is 19.6 Å². The van der Waals surface area contributed by atoms with Gasteiger partial charge in [-0.2, -0.15) is 0 Å². The highest BCUT2D eigenvalue weighted by atomic mass is 35.5. The van der Waals surface area contributed by atoms with Crippen molar-refractivity contribution in [3.63, 3.8) is 0 Å². The molecule has 0 radical (unpaired) electrons. The first-order valence-electron chi connectivity index (χ1n) is 5.04. The molecular formula is C11H14ClFN+. The molecule has 1 aliphatic heterocycles. The van der Waals surface area contributed by atoms with Crippen molar-refractivity contribution < 1.29 is 9.29 Å². The van der Waals surface area contributed by atoms with Crippen molar-refractivity contribution in [2.24, 2.45) is 0 Å². The van der Waals surface area contributed by atoms with Crippen LogP contribution in [0.1, 0.15) is 18.4 Å². The van der Waals surface area contributed by atoms with E-state index in [1.54, 1.807) is 12.1 Å². The molecule has 2 rings (SSSR count). The molecule has 0 spiro atoms. The van der Waals surface area contributed by atoms with Crippen molar-refractivity contribution >= 4 is 11.6 Å². The molecule has 1 N–H and O–H groups in total. The molecule has 1 saturated heterocycles. The van der Waals surface area contributed by atoms with Gasteiger partial charge in [0.05, 0.1) is 23.7 Å². The minimum atomic E-state index is -0.170. The third kappa shape index (κ3) is 2.07. The van der Waals surface area contributed by atoms with E-state index in [1.807, 2.05) is 0 Å². The second-order valence-electron chi connectivity index (χ2n) is 3.83. The predicted molar refractivity (Wildman–Crippen MR) is 55.0 cm³/mol. The van der Waals surface area contributed by atoms with Crippen LogP contribution in [0.25, 0.3) is 0 Å². The molecule has 0 bridgehead atoms. The van der Waals surface area contributed by atoms with Crippen LogP contribution in [0.15, 0.2) is 18.2 Å². The van der Waals surface area contributed by atoms with Crippen LogP contribution in [0.4, 0.5) is 4.39 Å². The van der Waals surface area contributed by atoms with Crippen LogP contribution < -0.4 is 4.90 Å². The van der Waals surface area contributed by atoms with Crippen LogP contribution in [-0.2, 0) is 6.54 Å². The van der Waals surface area contributed by atoms with E-state index in [4.69, 9.17) is 11.6 Å². The third-order valence-electron chi connectivity index (χ3n) is 2.80. The minimum Gasteiger partial charge on any atom is -0.331 e. The molecule has 0 unspecified atom stereocenters. The Kier molecular flexibility index (Phi) is 3.04. The van der Waals surface area contributed by atoms with Crippen molar-refractivity contribution in [1.29, 1.82) is 0 Å². The second kappa shape index (κ2) is 4.28. The lowest BCUT2D eigenvalue weighted by molar-refractivity contribution is -0.901. The molecular weight excluding hydrogens is 201 g/mol. The van der Waals surface area contributed by atoms with Crippen LogP contribution in [0.3, 0.4) is 0 Å². The van der Waals surface area contributed by atoms with E-state index in [1.165, 1.54) is 23.8 Å². The fourth-order valence-electron chi connectivity index (χ4n) is 2.00. The molecule has 0 aromatic heterocycles. The summed E-state index contributed by atoms with van der Waals surface area (Å²) >= 11 is 5.95. The maximum atomic E-state index is 13.4. The lowest BCUT2D eigenvalue weighted by Crippen LogP contribution is -3.08. The summed E-state index contributed by atoms with van der Waals surface area (Å²) in [6, 6.07) is 4.90. The van der Waals surface area contributed by atoms with Gasteiger partial charge in [-0.15, -0.1) is 0 Å². The maximum absolute atomic E-state index is 13.4. The molecule has 0 aliphatic carbocycles. The maximum Gasteiger partial charge on any atom is 0.133 e. The smallest absolute Gasteiger partial charge is 0.133 e. The second-order valence-corrected chi connectivity index (χ2v) is 4.24. The summed E-state index contributed by atoms with van der Waals surface area (Å²) in [6.45, 7) is 3.01. The minimum absolute atomic E-state index is 0.170. The highest BCUT2D eigenvalue weighted by molar-refractivity contribution is 6.31. The average molecular weight is 215 g/mol. The number of hydrogen-bond acceptors (Lipinski definition) is 0. The van der Waals surface area contributed by atoms with Crippen molar-refractivity contribution in [3.05, 3.63) is 34.6 Å². The van der Waals surface area contributed by atoms with Gasteiger partial charge in [0, 0.05) is 12.8 Å². The Labute approximate surface area is 88.5 Å². The monoisotopic (exact) mass is 214 g/mol. The number of benzene rings is 1. The van der Waals surface area contributed by atoms with E-state index < -0.39 is 0 Å². The Balaban J connectivity index is 2.14. The van der Waals surface area contributed by atoms with Gasteiger partial charge in [0.2, 0.25) is 0 Å². The lowest BCUT2D eigenvalue weighted by Gasteiger charge is -2.13. The summed E-state index contributed by atoms with van der Waals surface area (Å²) in [7, 11) is 0. The molecule has 76 valence electrons. The predicted octanol–water partition coefficient (Wildman–Crippen LogP) is 1.66. The first-order chi connectivity index (χ1) is 6.77. The largest absolute Gasteiger partial charge is 0.331 e.